The fraction of sp³-hybridized carbons (Fsp3) is 0.381. The van der Waals surface area contributed by atoms with Crippen LogP contribution in [0.2, 0.25) is 15.1 Å². The van der Waals surface area contributed by atoms with Crippen LogP contribution in [0, 0.1) is 0 Å². The van der Waals surface area contributed by atoms with E-state index in [9.17, 15) is 0 Å². The number of aryl methyl sites for hydroxylation is 1. The number of aromatic nitrogens is 4. The molecule has 0 aliphatic heterocycles. The third kappa shape index (κ3) is 6.38. The molecular weight excluding hydrogens is 461 g/mol. The number of nitrogens with one attached hydrogen (secondary N) is 1. The summed E-state index contributed by atoms with van der Waals surface area (Å²) in [4.78, 5) is 0. The smallest absolute Gasteiger partial charge is 0.243 e. The third-order valence-corrected chi connectivity index (χ3v) is 5.57. The van der Waals surface area contributed by atoms with Gasteiger partial charge in [0.15, 0.2) is 11.5 Å². The minimum atomic E-state index is 0.303. The normalized spacial score (nSPS) is 10.9. The average molecular weight is 485 g/mol. The molecule has 0 saturated carbocycles. The van der Waals surface area contributed by atoms with Gasteiger partial charge in [0.05, 0.1) is 16.7 Å². The Morgan fingerprint density at radius 1 is 0.968 bits per heavy atom. The number of nitrogens with zero attached hydrogens (tertiary/aromatic N) is 4. The van der Waals surface area contributed by atoms with E-state index in [1.165, 1.54) is 0 Å². The first-order valence-electron chi connectivity index (χ1n) is 10.0. The van der Waals surface area contributed by atoms with E-state index in [0.717, 1.165) is 30.5 Å². The van der Waals surface area contributed by atoms with Crippen LogP contribution in [0.15, 0.2) is 30.3 Å². The van der Waals surface area contributed by atoms with E-state index in [1.807, 2.05) is 19.1 Å². The second-order valence-electron chi connectivity index (χ2n) is 6.79. The van der Waals surface area contributed by atoms with Gasteiger partial charge in [0.2, 0.25) is 5.95 Å². The predicted octanol–water partition coefficient (Wildman–Crippen LogP) is 6.02. The standard InChI is InChI=1S/C21H24Cl3N5O2/c1-3-5-8-29-21(26-27-28-29)25-12-15-10-19(30-4-2)20(11-17(15)23)31-13-14-6-7-16(22)18(24)9-14/h6-7,9-11H,3-5,8,12-13H2,1-2H3,(H,25,26,28). The van der Waals surface area contributed by atoms with Gasteiger partial charge in [-0.1, -0.05) is 59.3 Å². The second-order valence-corrected chi connectivity index (χ2v) is 8.01. The summed E-state index contributed by atoms with van der Waals surface area (Å²) in [6.07, 6.45) is 2.06. The number of rotatable bonds is 11. The SMILES string of the molecule is CCCCn1nnnc1NCc1cc(OCC)c(OCc2ccc(Cl)c(Cl)c2)cc1Cl. The topological polar surface area (TPSA) is 74.1 Å². The van der Waals surface area contributed by atoms with Gasteiger partial charge in [0.25, 0.3) is 0 Å². The molecule has 0 unspecified atom stereocenters. The minimum absolute atomic E-state index is 0.303. The van der Waals surface area contributed by atoms with Gasteiger partial charge in [-0.2, -0.15) is 0 Å². The summed E-state index contributed by atoms with van der Waals surface area (Å²) in [7, 11) is 0. The van der Waals surface area contributed by atoms with Crippen LogP contribution in [0.4, 0.5) is 5.95 Å². The molecule has 2 aromatic carbocycles. The van der Waals surface area contributed by atoms with Crippen LogP contribution < -0.4 is 14.8 Å². The molecule has 0 atom stereocenters. The molecular formula is C21H24Cl3N5O2. The fourth-order valence-electron chi connectivity index (χ4n) is 2.85. The molecule has 3 rings (SSSR count). The van der Waals surface area contributed by atoms with E-state index in [2.05, 4.69) is 27.8 Å². The number of halogens is 3. The Balaban J connectivity index is 1.72. The van der Waals surface area contributed by atoms with E-state index < -0.39 is 0 Å². The van der Waals surface area contributed by atoms with Crippen LogP contribution in [-0.2, 0) is 19.7 Å². The summed E-state index contributed by atoms with van der Waals surface area (Å²) in [5.41, 5.74) is 1.73. The monoisotopic (exact) mass is 483 g/mol. The molecule has 1 aromatic heterocycles. The Hall–Kier alpha value is -2.22. The predicted molar refractivity (Wildman–Crippen MR) is 123 cm³/mol. The van der Waals surface area contributed by atoms with Gasteiger partial charge < -0.3 is 14.8 Å². The molecule has 0 aliphatic rings. The maximum Gasteiger partial charge on any atom is 0.243 e. The summed E-state index contributed by atoms with van der Waals surface area (Å²) < 4.78 is 13.5. The molecule has 3 aromatic rings. The van der Waals surface area contributed by atoms with Crippen molar-refractivity contribution in [1.82, 2.24) is 20.2 Å². The largest absolute Gasteiger partial charge is 0.490 e. The van der Waals surface area contributed by atoms with Crippen molar-refractivity contribution in [3.8, 4) is 11.5 Å². The zero-order chi connectivity index (χ0) is 22.2. The van der Waals surface area contributed by atoms with Crippen LogP contribution in [0.5, 0.6) is 11.5 Å². The Morgan fingerprint density at radius 2 is 1.77 bits per heavy atom. The number of hydrogen-bond donors (Lipinski definition) is 1. The number of tetrazole rings is 1. The third-order valence-electron chi connectivity index (χ3n) is 4.48. The molecule has 1 N–H and O–H groups in total. The van der Waals surface area contributed by atoms with E-state index in [1.54, 1.807) is 22.9 Å². The van der Waals surface area contributed by atoms with Crippen molar-refractivity contribution in [2.45, 2.75) is 46.4 Å². The highest BCUT2D eigenvalue weighted by atomic mass is 35.5. The van der Waals surface area contributed by atoms with E-state index in [-0.39, 0.29) is 0 Å². The molecule has 31 heavy (non-hydrogen) atoms. The van der Waals surface area contributed by atoms with Crippen molar-refractivity contribution >= 4 is 40.8 Å². The number of benzene rings is 2. The first-order valence-corrected chi connectivity index (χ1v) is 11.2. The van der Waals surface area contributed by atoms with Crippen LogP contribution in [0.3, 0.4) is 0 Å². The van der Waals surface area contributed by atoms with Crippen molar-refractivity contribution in [1.29, 1.82) is 0 Å². The molecule has 0 amide bonds. The first kappa shape index (κ1) is 23.4. The maximum absolute atomic E-state index is 6.52. The van der Waals surface area contributed by atoms with Gasteiger partial charge in [-0.3, -0.25) is 0 Å². The van der Waals surface area contributed by atoms with Gasteiger partial charge in [-0.05, 0) is 53.1 Å². The summed E-state index contributed by atoms with van der Waals surface area (Å²) in [6.45, 7) is 6.03. The number of unbranched alkanes of at least 4 members (excludes halogenated alkanes) is 1. The van der Waals surface area contributed by atoms with Crippen LogP contribution in [-0.4, -0.2) is 26.8 Å². The van der Waals surface area contributed by atoms with Crippen molar-refractivity contribution in [3.63, 3.8) is 0 Å². The van der Waals surface area contributed by atoms with Crippen molar-refractivity contribution in [2.75, 3.05) is 11.9 Å². The zero-order valence-electron chi connectivity index (χ0n) is 17.4. The Morgan fingerprint density at radius 3 is 2.52 bits per heavy atom. The quantitative estimate of drug-likeness (QED) is 0.358. The molecule has 0 aliphatic carbocycles. The highest BCUT2D eigenvalue weighted by Crippen LogP contribution is 2.35. The Kier molecular flexibility index (Phi) is 8.63. The lowest BCUT2D eigenvalue weighted by Gasteiger charge is -2.15. The number of hydrogen-bond acceptors (Lipinski definition) is 6. The van der Waals surface area contributed by atoms with Gasteiger partial charge in [-0.25, -0.2) is 4.68 Å². The first-order chi connectivity index (χ1) is 15.0. The maximum atomic E-state index is 6.52. The highest BCUT2D eigenvalue weighted by molar-refractivity contribution is 6.42. The van der Waals surface area contributed by atoms with Crippen LogP contribution in [0.1, 0.15) is 37.8 Å². The van der Waals surface area contributed by atoms with E-state index in [4.69, 9.17) is 44.3 Å². The van der Waals surface area contributed by atoms with Gasteiger partial charge in [0, 0.05) is 24.2 Å². The second kappa shape index (κ2) is 11.4. The highest BCUT2D eigenvalue weighted by Gasteiger charge is 2.13. The Labute approximate surface area is 196 Å². The minimum Gasteiger partial charge on any atom is -0.490 e. The van der Waals surface area contributed by atoms with Crippen LogP contribution >= 0.6 is 34.8 Å². The lowest BCUT2D eigenvalue weighted by Crippen LogP contribution is -2.10. The van der Waals surface area contributed by atoms with Crippen molar-refractivity contribution in [3.05, 3.63) is 56.5 Å². The summed E-state index contributed by atoms with van der Waals surface area (Å²) >= 11 is 18.6. The van der Waals surface area contributed by atoms with Gasteiger partial charge >= 0.3 is 0 Å². The number of ether oxygens (including phenoxy) is 2. The lowest BCUT2D eigenvalue weighted by atomic mass is 10.2. The Bertz CT molecular complexity index is 1010. The molecule has 7 nitrogen and oxygen atoms in total. The van der Waals surface area contributed by atoms with Gasteiger partial charge in [0.1, 0.15) is 6.61 Å². The molecule has 1 heterocycles. The van der Waals surface area contributed by atoms with Crippen molar-refractivity contribution in [2.24, 2.45) is 0 Å². The number of anilines is 1. The van der Waals surface area contributed by atoms with Crippen LogP contribution in [0.25, 0.3) is 0 Å². The van der Waals surface area contributed by atoms with E-state index in [0.29, 0.717) is 52.3 Å². The van der Waals surface area contributed by atoms with Crippen molar-refractivity contribution < 1.29 is 9.47 Å². The molecule has 0 fully saturated rings. The molecule has 0 bridgehead atoms. The lowest BCUT2D eigenvalue weighted by molar-refractivity contribution is 0.269. The summed E-state index contributed by atoms with van der Waals surface area (Å²) in [5, 5.41) is 16.6. The molecule has 166 valence electrons. The molecule has 0 spiro atoms. The fourth-order valence-corrected chi connectivity index (χ4v) is 3.39. The molecule has 10 heteroatoms. The molecule has 0 radical (unpaired) electrons. The van der Waals surface area contributed by atoms with Gasteiger partial charge in [-0.15, -0.1) is 0 Å². The summed E-state index contributed by atoms with van der Waals surface area (Å²) in [6, 6.07) is 8.98. The molecule has 0 saturated heterocycles. The van der Waals surface area contributed by atoms with E-state index >= 15 is 0 Å². The summed E-state index contributed by atoms with van der Waals surface area (Å²) in [5.74, 6) is 1.76. The average Bonchev–Trinajstić information content (AvgIpc) is 3.21. The zero-order valence-corrected chi connectivity index (χ0v) is 19.6.